The zero-order chi connectivity index (χ0) is 24.5. The number of hydrogen-bond acceptors (Lipinski definition) is 6. The third kappa shape index (κ3) is 4.65. The highest BCUT2D eigenvalue weighted by Gasteiger charge is 2.53. The number of methoxy groups -OCH3 is 2. The van der Waals surface area contributed by atoms with E-state index in [1.165, 1.54) is 6.20 Å². The molecule has 2 aromatic rings. The monoisotopic (exact) mass is 508 g/mol. The van der Waals surface area contributed by atoms with E-state index in [0.717, 1.165) is 31.2 Å². The zero-order valence-corrected chi connectivity index (χ0v) is 21.2. The predicted octanol–water partition coefficient (Wildman–Crippen LogP) is 5.53. The van der Waals surface area contributed by atoms with Crippen LogP contribution in [0.15, 0.2) is 18.3 Å². The van der Waals surface area contributed by atoms with E-state index in [1.54, 1.807) is 27.2 Å². The van der Waals surface area contributed by atoms with Crippen molar-refractivity contribution in [1.29, 1.82) is 0 Å². The summed E-state index contributed by atoms with van der Waals surface area (Å²) >= 11 is 12.6. The van der Waals surface area contributed by atoms with Crippen molar-refractivity contribution < 1.29 is 23.8 Å². The zero-order valence-electron chi connectivity index (χ0n) is 19.7. The molecule has 1 aromatic carbocycles. The maximum Gasteiger partial charge on any atom is 0.317 e. The molecule has 2 aliphatic rings. The van der Waals surface area contributed by atoms with Crippen molar-refractivity contribution in [2.24, 2.45) is 11.8 Å². The molecule has 2 fully saturated rings. The molecule has 3 unspecified atom stereocenters. The molecule has 2 heterocycles. The fourth-order valence-corrected chi connectivity index (χ4v) is 6.10. The second-order valence-electron chi connectivity index (χ2n) is 9.31. The van der Waals surface area contributed by atoms with Crippen molar-refractivity contribution in [2.45, 2.75) is 63.4 Å². The number of Topliss-reactive ketones (excluding diaryl/α,β-unsaturated/α-hetero) is 1. The van der Waals surface area contributed by atoms with Crippen LogP contribution in [-0.4, -0.2) is 41.8 Å². The van der Waals surface area contributed by atoms with Crippen molar-refractivity contribution in [3.8, 4) is 11.5 Å². The largest absolute Gasteiger partial charge is 0.496 e. The van der Waals surface area contributed by atoms with Crippen molar-refractivity contribution in [3.63, 3.8) is 0 Å². The van der Waals surface area contributed by atoms with Gasteiger partial charge in [0.25, 0.3) is 0 Å². The van der Waals surface area contributed by atoms with E-state index >= 15 is 0 Å². The Bertz CT molecular complexity index is 1050. The molecule has 9 heteroatoms. The fourth-order valence-electron chi connectivity index (χ4n) is 5.57. The lowest BCUT2D eigenvalue weighted by atomic mass is 9.72. The van der Waals surface area contributed by atoms with Crippen molar-refractivity contribution in [2.75, 3.05) is 14.2 Å². The summed E-state index contributed by atoms with van der Waals surface area (Å²) in [5, 5.41) is 7.63. The first-order valence-electron chi connectivity index (χ1n) is 11.6. The molecule has 1 saturated carbocycles. The number of aromatic amines is 1. The van der Waals surface area contributed by atoms with Crippen LogP contribution >= 0.6 is 23.2 Å². The van der Waals surface area contributed by atoms with Crippen LogP contribution in [-0.2, 0) is 20.7 Å². The molecule has 4 rings (SSSR count). The number of carbonyl (C=O) groups is 2. The summed E-state index contributed by atoms with van der Waals surface area (Å²) in [5.74, 6) is -0.623. The van der Waals surface area contributed by atoms with Gasteiger partial charge in [-0.05, 0) is 43.2 Å². The number of hydrogen-bond donors (Lipinski definition) is 1. The Balaban J connectivity index is 1.60. The highest BCUT2D eigenvalue weighted by molar-refractivity contribution is 6.32. The van der Waals surface area contributed by atoms with Crippen LogP contribution in [0, 0.1) is 11.8 Å². The van der Waals surface area contributed by atoms with Crippen LogP contribution in [0.5, 0.6) is 11.5 Å². The van der Waals surface area contributed by atoms with Crippen molar-refractivity contribution >= 4 is 35.0 Å². The summed E-state index contributed by atoms with van der Waals surface area (Å²) in [4.78, 5) is 26.8. The molecular formula is C25H30Cl2N2O5. The van der Waals surface area contributed by atoms with Crippen LogP contribution in [0.2, 0.25) is 10.0 Å². The molecule has 0 radical (unpaired) electrons. The van der Waals surface area contributed by atoms with E-state index in [2.05, 4.69) is 10.2 Å². The van der Waals surface area contributed by atoms with E-state index in [0.29, 0.717) is 40.1 Å². The third-order valence-electron chi connectivity index (χ3n) is 7.43. The minimum absolute atomic E-state index is 0.110. The van der Waals surface area contributed by atoms with Gasteiger partial charge in [-0.2, -0.15) is 5.10 Å². The summed E-state index contributed by atoms with van der Waals surface area (Å²) in [5.41, 5.74) is 0.618. The number of carbonyl (C=O) groups excluding carboxylic acids is 2. The summed E-state index contributed by atoms with van der Waals surface area (Å²) in [6.45, 7) is 1.80. The van der Waals surface area contributed by atoms with Gasteiger partial charge in [-0.15, -0.1) is 0 Å². The lowest BCUT2D eigenvalue weighted by molar-refractivity contribution is -0.186. The van der Waals surface area contributed by atoms with E-state index in [-0.39, 0.29) is 18.1 Å². The smallest absolute Gasteiger partial charge is 0.317 e. The van der Waals surface area contributed by atoms with Gasteiger partial charge in [0.1, 0.15) is 23.0 Å². The maximum absolute atomic E-state index is 13.5. The highest BCUT2D eigenvalue weighted by Crippen LogP contribution is 2.47. The Morgan fingerprint density at radius 1 is 1.15 bits per heavy atom. The molecule has 1 N–H and O–H groups in total. The summed E-state index contributed by atoms with van der Waals surface area (Å²) < 4.78 is 17.1. The molecule has 1 saturated heterocycles. The van der Waals surface area contributed by atoms with Gasteiger partial charge in [0.05, 0.1) is 36.2 Å². The molecule has 3 atom stereocenters. The minimum Gasteiger partial charge on any atom is -0.496 e. The minimum atomic E-state index is -0.905. The molecule has 0 spiro atoms. The number of nitrogens with zero attached hydrogens (tertiary/aromatic N) is 1. The number of aromatic nitrogens is 2. The van der Waals surface area contributed by atoms with E-state index in [1.807, 2.05) is 6.07 Å². The molecule has 7 nitrogen and oxygen atoms in total. The second-order valence-corrected chi connectivity index (χ2v) is 10.1. The van der Waals surface area contributed by atoms with Crippen LogP contribution < -0.4 is 9.47 Å². The average molecular weight is 509 g/mol. The van der Waals surface area contributed by atoms with Gasteiger partial charge in [-0.3, -0.25) is 14.7 Å². The normalized spacial score (nSPS) is 24.2. The number of rotatable bonds is 8. The molecular weight excluding hydrogens is 479 g/mol. The van der Waals surface area contributed by atoms with Crippen LogP contribution in [0.25, 0.3) is 0 Å². The number of cyclic esters (lactones) is 1. The van der Waals surface area contributed by atoms with Gasteiger partial charge in [-0.1, -0.05) is 43.0 Å². The number of halogens is 2. The summed E-state index contributed by atoms with van der Waals surface area (Å²) in [7, 11) is 3.14. The average Bonchev–Trinajstić information content (AvgIpc) is 3.49. The summed E-state index contributed by atoms with van der Waals surface area (Å²) in [6.07, 6.45) is 6.75. The number of H-pyrrole nitrogens is 1. The quantitative estimate of drug-likeness (QED) is 0.372. The van der Waals surface area contributed by atoms with E-state index < -0.39 is 23.4 Å². The van der Waals surface area contributed by atoms with Crippen LogP contribution in [0.1, 0.15) is 62.6 Å². The standard InChI is InChI=1S/C25H30Cl2N2O5/c1-14(23-18(27)13-28-29-23)22-19(30)12-25(34-24(22)31,16-6-4-5-7-16)9-8-15-10-17(26)21(33-3)11-20(15)32-2/h10-11,13-14,16,22H,4-9,12H2,1-3H3,(H,28,29). The lowest BCUT2D eigenvalue weighted by Crippen LogP contribution is -2.52. The third-order valence-corrected chi connectivity index (χ3v) is 8.02. The molecule has 1 aromatic heterocycles. The SMILES string of the molecule is COc1cc(OC)c(CCC2(C3CCCC3)CC(=O)C(C(C)c3[nH]ncc3Cl)C(=O)O2)cc1Cl. The number of esters is 1. The lowest BCUT2D eigenvalue weighted by Gasteiger charge is -2.44. The number of nitrogens with one attached hydrogen (secondary N) is 1. The van der Waals surface area contributed by atoms with Gasteiger partial charge >= 0.3 is 5.97 Å². The summed E-state index contributed by atoms with van der Waals surface area (Å²) in [6, 6.07) is 3.57. The van der Waals surface area contributed by atoms with Crippen molar-refractivity contribution in [1.82, 2.24) is 10.2 Å². The maximum atomic E-state index is 13.5. The number of ether oxygens (including phenoxy) is 3. The van der Waals surface area contributed by atoms with Crippen LogP contribution in [0.3, 0.4) is 0 Å². The van der Waals surface area contributed by atoms with E-state index in [9.17, 15) is 9.59 Å². The Morgan fingerprint density at radius 3 is 2.44 bits per heavy atom. The predicted molar refractivity (Wildman–Crippen MR) is 129 cm³/mol. The fraction of sp³-hybridized carbons (Fsp3) is 0.560. The van der Waals surface area contributed by atoms with Gasteiger partial charge in [0.2, 0.25) is 0 Å². The molecule has 0 amide bonds. The van der Waals surface area contributed by atoms with Gasteiger partial charge in [-0.25, -0.2) is 0 Å². The Morgan fingerprint density at radius 2 is 1.85 bits per heavy atom. The Kier molecular flexibility index (Phi) is 7.43. The molecule has 34 heavy (non-hydrogen) atoms. The highest BCUT2D eigenvalue weighted by atomic mass is 35.5. The van der Waals surface area contributed by atoms with Crippen LogP contribution in [0.4, 0.5) is 0 Å². The Labute approximate surface area is 209 Å². The number of benzene rings is 1. The first kappa shape index (κ1) is 24.9. The number of ketones is 1. The Hall–Kier alpha value is -2.25. The second kappa shape index (κ2) is 10.2. The number of aryl methyl sites for hydroxylation is 1. The van der Waals surface area contributed by atoms with Gasteiger partial charge in [0.15, 0.2) is 5.78 Å². The van der Waals surface area contributed by atoms with E-state index in [4.69, 9.17) is 37.4 Å². The molecule has 184 valence electrons. The topological polar surface area (TPSA) is 90.5 Å². The molecule has 1 aliphatic carbocycles. The molecule has 1 aliphatic heterocycles. The first-order chi connectivity index (χ1) is 16.3. The molecule has 0 bridgehead atoms. The first-order valence-corrected chi connectivity index (χ1v) is 12.4. The van der Waals surface area contributed by atoms with Gasteiger partial charge in [0, 0.05) is 18.4 Å². The van der Waals surface area contributed by atoms with Gasteiger partial charge < -0.3 is 14.2 Å². The van der Waals surface area contributed by atoms with Crippen molar-refractivity contribution in [3.05, 3.63) is 39.6 Å².